The summed E-state index contributed by atoms with van der Waals surface area (Å²) >= 11 is 0. The van der Waals surface area contributed by atoms with Crippen molar-refractivity contribution in [2.45, 2.75) is 136 Å². The van der Waals surface area contributed by atoms with Gasteiger partial charge < -0.3 is 144 Å². The third-order valence-corrected chi connectivity index (χ3v) is 14.8. The summed E-state index contributed by atoms with van der Waals surface area (Å²) in [5, 5.41) is 189. The van der Waals surface area contributed by atoms with Crippen molar-refractivity contribution in [1.29, 1.82) is 0 Å². The summed E-state index contributed by atoms with van der Waals surface area (Å²) in [7, 11) is 0. The number of ether oxygens (including phenoxy) is 11. The van der Waals surface area contributed by atoms with Crippen molar-refractivity contribution < 1.29 is 154 Å². The zero-order chi connectivity index (χ0) is 63.6. The predicted molar refractivity (Wildman–Crippen MR) is 288 cm³/mol. The summed E-state index contributed by atoms with van der Waals surface area (Å²) < 4.78 is 62.8. The minimum absolute atomic E-state index is 0.0883. The fraction of sp³-hybridized carbons (Fsp3) is 0.439. The molecule has 31 nitrogen and oxygen atoms in total. The van der Waals surface area contributed by atoms with Crippen molar-refractivity contribution in [3.63, 3.8) is 0 Å². The maximum atomic E-state index is 13.1. The number of aliphatic hydroxyl groups is 12. The Morgan fingerprint density at radius 1 is 0.523 bits per heavy atom. The van der Waals surface area contributed by atoms with Crippen LogP contribution in [-0.4, -0.2) is 247 Å². The van der Waals surface area contributed by atoms with E-state index in [-0.39, 0.29) is 39.9 Å². The van der Waals surface area contributed by atoms with E-state index in [1.807, 2.05) is 0 Å². The Kier molecular flexibility index (Phi) is 20.2. The molecule has 21 unspecified atom stereocenters. The number of benzene rings is 4. The average Bonchev–Trinajstić information content (AvgIpc) is 1.34. The smallest absolute Gasteiger partial charge is 0.331 e. The number of carbonyl (C=O) groups is 2. The largest absolute Gasteiger partial charge is 0.508 e. The van der Waals surface area contributed by atoms with Crippen LogP contribution in [-0.2, 0) is 47.5 Å². The van der Waals surface area contributed by atoms with E-state index in [1.165, 1.54) is 67.6 Å². The molecule has 18 N–H and O–H groups in total. The number of phenolic OH excluding ortho intramolecular Hbond substituents is 6. The zero-order valence-electron chi connectivity index (χ0n) is 45.8. The highest BCUT2D eigenvalue weighted by Crippen LogP contribution is 2.48. The van der Waals surface area contributed by atoms with Gasteiger partial charge in [0.25, 0.3) is 0 Å². The number of carbonyl (C=O) groups excluding carboxylic acids is 2. The third kappa shape index (κ3) is 14.3. The van der Waals surface area contributed by atoms with Crippen LogP contribution in [0.1, 0.15) is 35.3 Å². The topological polar surface area (TPSA) is 500 Å². The maximum Gasteiger partial charge on any atom is 0.331 e. The first kappa shape index (κ1) is 64.8. The Bertz CT molecular complexity index is 3170. The molecule has 4 aromatic rings. The SMILES string of the molecule is CC1OC(OCC2OC(OC3=Cc4c(cc(O)cc4OC4OC(CO)C(O)C(O)C4O)OC3c3cc(O)c(O)c(O)c3)C(O)C(O)C2O)C(O)C(O)C1OC(=O)C=Cc1ccc(OC2OC(COC(=O)C=Cc3ccc(O)c(O)c3)C(O)C(O)C2O)cc1. The Morgan fingerprint density at radius 3 is 1.69 bits per heavy atom. The second kappa shape index (κ2) is 27.4. The molecule has 88 heavy (non-hydrogen) atoms. The van der Waals surface area contributed by atoms with Crippen molar-refractivity contribution in [1.82, 2.24) is 0 Å². The van der Waals surface area contributed by atoms with Gasteiger partial charge in [-0.2, -0.15) is 0 Å². The van der Waals surface area contributed by atoms with Crippen molar-refractivity contribution in [3.05, 3.63) is 107 Å². The van der Waals surface area contributed by atoms with E-state index in [1.54, 1.807) is 0 Å². The van der Waals surface area contributed by atoms with E-state index < -0.39 is 189 Å². The van der Waals surface area contributed by atoms with Gasteiger partial charge in [-0.3, -0.25) is 0 Å². The molecule has 4 saturated heterocycles. The molecule has 0 aromatic heterocycles. The number of phenols is 6. The van der Waals surface area contributed by atoms with Crippen LogP contribution in [0.2, 0.25) is 0 Å². The van der Waals surface area contributed by atoms with Crippen LogP contribution >= 0.6 is 0 Å². The molecule has 21 atom stereocenters. The second-order valence-corrected chi connectivity index (χ2v) is 20.9. The highest BCUT2D eigenvalue weighted by atomic mass is 16.7. The van der Waals surface area contributed by atoms with Gasteiger partial charge in [0.1, 0.15) is 121 Å². The van der Waals surface area contributed by atoms with Gasteiger partial charge in [0.05, 0.1) is 24.9 Å². The number of rotatable bonds is 18. The fourth-order valence-corrected chi connectivity index (χ4v) is 9.81. The van der Waals surface area contributed by atoms with E-state index in [9.17, 15) is 102 Å². The highest BCUT2D eigenvalue weighted by Gasteiger charge is 2.51. The van der Waals surface area contributed by atoms with Crippen LogP contribution in [0.4, 0.5) is 0 Å². The third-order valence-electron chi connectivity index (χ3n) is 14.8. The summed E-state index contributed by atoms with van der Waals surface area (Å²) in [5.74, 6) is -6.60. The molecule has 0 bridgehead atoms. The minimum Gasteiger partial charge on any atom is -0.508 e. The van der Waals surface area contributed by atoms with E-state index >= 15 is 0 Å². The molecule has 31 heteroatoms. The number of aliphatic hydroxyl groups excluding tert-OH is 12. The van der Waals surface area contributed by atoms with Crippen LogP contribution in [0, 0.1) is 0 Å². The first-order chi connectivity index (χ1) is 41.8. The molecule has 5 aliphatic rings. The molecule has 0 radical (unpaired) electrons. The van der Waals surface area contributed by atoms with E-state index in [0.29, 0.717) is 11.1 Å². The summed E-state index contributed by atoms with van der Waals surface area (Å²) in [5.41, 5.74) is 0.508. The summed E-state index contributed by atoms with van der Waals surface area (Å²) in [6.07, 6.45) is -30.6. The molecule has 478 valence electrons. The van der Waals surface area contributed by atoms with Gasteiger partial charge in [-0.25, -0.2) is 9.59 Å². The van der Waals surface area contributed by atoms with Gasteiger partial charge >= 0.3 is 11.9 Å². The molecule has 5 aliphatic heterocycles. The maximum absolute atomic E-state index is 13.1. The molecule has 5 heterocycles. The van der Waals surface area contributed by atoms with E-state index in [2.05, 4.69) is 0 Å². The van der Waals surface area contributed by atoms with Gasteiger partial charge in [0.15, 0.2) is 47.2 Å². The van der Waals surface area contributed by atoms with Crippen LogP contribution in [0.5, 0.6) is 51.7 Å². The summed E-state index contributed by atoms with van der Waals surface area (Å²) in [6.45, 7) is -0.772. The molecule has 4 fully saturated rings. The standard InChI is InChI=1S/C57H64O31/c1-21-52(88-39(65)11-5-22-2-7-26(8-3-22)81-55-48(74)45(71)42(68)36(86-55)19-78-38(64)10-6-23-4-9-28(60)29(61)12-23)47(73)51(77)54(80-21)79-20-37-43(69)46(72)50(76)57(87-37)84-34-17-27-32(82-53(34)24-13-30(62)40(66)31(63)14-24)15-25(59)16-33(27)83-56-49(75)44(70)41(67)35(18-58)85-56/h2-17,21,35-37,41-63,66-77H,18-20H2,1H3. The minimum atomic E-state index is -2.07. The molecule has 0 aliphatic carbocycles. The van der Waals surface area contributed by atoms with Crippen LogP contribution in [0.15, 0.2) is 84.6 Å². The predicted octanol–water partition coefficient (Wildman–Crippen LogP) is -3.05. The fourth-order valence-electron chi connectivity index (χ4n) is 9.81. The van der Waals surface area contributed by atoms with Gasteiger partial charge in [-0.15, -0.1) is 0 Å². The number of hydrogen-bond acceptors (Lipinski definition) is 31. The molecular formula is C57H64O31. The van der Waals surface area contributed by atoms with Crippen LogP contribution in [0.3, 0.4) is 0 Å². The lowest BCUT2D eigenvalue weighted by atomic mass is 9.98. The van der Waals surface area contributed by atoms with Gasteiger partial charge in [0, 0.05) is 29.8 Å². The summed E-state index contributed by atoms with van der Waals surface area (Å²) in [6, 6.07) is 13.6. The lowest BCUT2D eigenvalue weighted by molar-refractivity contribution is -0.325. The first-order valence-electron chi connectivity index (χ1n) is 27.0. The van der Waals surface area contributed by atoms with E-state index in [4.69, 9.17) is 52.1 Å². The average molecular weight is 1250 g/mol. The zero-order valence-corrected chi connectivity index (χ0v) is 45.8. The Hall–Kier alpha value is -7.64. The quantitative estimate of drug-likeness (QED) is 0.0267. The van der Waals surface area contributed by atoms with Crippen molar-refractivity contribution in [3.8, 4) is 51.7 Å². The van der Waals surface area contributed by atoms with Gasteiger partial charge in [0.2, 0.25) is 18.9 Å². The molecule has 9 rings (SSSR count). The molecule has 0 amide bonds. The number of hydrogen-bond donors (Lipinski definition) is 18. The van der Waals surface area contributed by atoms with Gasteiger partial charge in [-0.05, 0) is 72.7 Å². The monoisotopic (exact) mass is 1240 g/mol. The Morgan fingerprint density at radius 2 is 1.07 bits per heavy atom. The van der Waals surface area contributed by atoms with Crippen LogP contribution < -0.4 is 14.2 Å². The number of aromatic hydroxyl groups is 6. The van der Waals surface area contributed by atoms with Crippen molar-refractivity contribution in [2.75, 3.05) is 19.8 Å². The lowest BCUT2D eigenvalue weighted by Crippen LogP contribution is -2.61. The molecule has 0 saturated carbocycles. The molecule has 4 aromatic carbocycles. The first-order valence-corrected chi connectivity index (χ1v) is 27.0. The second-order valence-electron chi connectivity index (χ2n) is 20.9. The Labute approximate surface area is 496 Å². The van der Waals surface area contributed by atoms with Gasteiger partial charge in [-0.1, -0.05) is 18.2 Å². The Balaban J connectivity index is 0.803. The highest BCUT2D eigenvalue weighted by molar-refractivity contribution is 5.88. The van der Waals surface area contributed by atoms with E-state index in [0.717, 1.165) is 36.4 Å². The number of fused-ring (bicyclic) bond motifs is 1. The van der Waals surface area contributed by atoms with Crippen LogP contribution in [0.25, 0.3) is 18.2 Å². The number of esters is 2. The normalized spacial score (nSPS) is 34.1. The lowest BCUT2D eigenvalue weighted by Gasteiger charge is -2.43. The van der Waals surface area contributed by atoms with Crippen molar-refractivity contribution >= 4 is 30.2 Å². The summed E-state index contributed by atoms with van der Waals surface area (Å²) in [4.78, 5) is 25.4. The molecule has 0 spiro atoms. The van der Waals surface area contributed by atoms with Crippen molar-refractivity contribution in [2.24, 2.45) is 0 Å². The molecular weight excluding hydrogens is 1180 g/mol.